The molecule has 178 valence electrons. The maximum Gasteiger partial charge on any atom is 0.228 e. The molecule has 1 saturated carbocycles. The second-order valence-electron chi connectivity index (χ2n) is 10.3. The van der Waals surface area contributed by atoms with Crippen LogP contribution in [0.15, 0.2) is 30.3 Å². The van der Waals surface area contributed by atoms with Gasteiger partial charge in [0.25, 0.3) is 0 Å². The molecule has 3 heterocycles. The third kappa shape index (κ3) is 3.64. The number of carbonyl (C=O) groups is 2. The average molecular weight is 461 g/mol. The van der Waals surface area contributed by atoms with Crippen molar-refractivity contribution in [2.75, 3.05) is 25.1 Å². The molecule has 0 bridgehead atoms. The summed E-state index contributed by atoms with van der Waals surface area (Å²) in [4.78, 5) is 27.2. The standard InChI is InChI=1S/C28H32N2O4/c1-18-21-15-24-25(34-12-11-33-24)16-22(21)28(9-2-3-10-28)17-30(18)27(32)6-4-5-19-7-8-23-20(13-19)14-26(31)29-23/h7-8,13,15-16,18H,2-6,9-12,14,17H2,1H3,(H,29,31). The smallest absolute Gasteiger partial charge is 0.228 e. The Morgan fingerprint density at radius 1 is 1.12 bits per heavy atom. The number of hydrogen-bond acceptors (Lipinski definition) is 4. The number of nitrogens with one attached hydrogen (secondary N) is 1. The van der Waals surface area contributed by atoms with E-state index >= 15 is 0 Å². The maximum absolute atomic E-state index is 13.5. The van der Waals surface area contributed by atoms with Crippen LogP contribution in [0, 0.1) is 0 Å². The van der Waals surface area contributed by atoms with E-state index in [0.29, 0.717) is 26.1 Å². The minimum absolute atomic E-state index is 0.0293. The molecule has 1 fully saturated rings. The van der Waals surface area contributed by atoms with Gasteiger partial charge in [0.05, 0.1) is 12.5 Å². The Morgan fingerprint density at radius 3 is 2.68 bits per heavy atom. The summed E-state index contributed by atoms with van der Waals surface area (Å²) in [6.07, 6.45) is 7.30. The van der Waals surface area contributed by atoms with E-state index in [2.05, 4.69) is 41.4 Å². The molecule has 1 unspecified atom stereocenters. The first-order chi connectivity index (χ1) is 16.5. The number of benzene rings is 2. The highest BCUT2D eigenvalue weighted by molar-refractivity contribution is 5.99. The van der Waals surface area contributed by atoms with Gasteiger partial charge in [-0.05, 0) is 73.1 Å². The van der Waals surface area contributed by atoms with Gasteiger partial charge in [-0.25, -0.2) is 0 Å². The summed E-state index contributed by atoms with van der Waals surface area (Å²) >= 11 is 0. The largest absolute Gasteiger partial charge is 0.486 e. The number of amides is 2. The first kappa shape index (κ1) is 21.5. The number of hydrogen-bond donors (Lipinski definition) is 1. The van der Waals surface area contributed by atoms with Crippen molar-refractivity contribution >= 4 is 17.5 Å². The lowest BCUT2D eigenvalue weighted by molar-refractivity contribution is -0.135. The van der Waals surface area contributed by atoms with E-state index in [0.717, 1.165) is 55.0 Å². The first-order valence-electron chi connectivity index (χ1n) is 12.7. The Kier molecular flexibility index (Phi) is 5.27. The molecule has 2 amide bonds. The quantitative estimate of drug-likeness (QED) is 0.719. The molecule has 6 heteroatoms. The Balaban J connectivity index is 1.19. The van der Waals surface area contributed by atoms with E-state index in [-0.39, 0.29) is 23.3 Å². The van der Waals surface area contributed by atoms with E-state index in [4.69, 9.17) is 9.47 Å². The van der Waals surface area contributed by atoms with Crippen LogP contribution >= 0.6 is 0 Å². The molecule has 1 spiro atoms. The van der Waals surface area contributed by atoms with Crippen LogP contribution in [-0.2, 0) is 27.8 Å². The van der Waals surface area contributed by atoms with E-state index < -0.39 is 0 Å². The first-order valence-corrected chi connectivity index (χ1v) is 12.7. The normalized spacial score (nSPS) is 21.9. The summed E-state index contributed by atoms with van der Waals surface area (Å²) in [5, 5.41) is 2.88. The molecule has 1 N–H and O–H groups in total. The molecular weight excluding hydrogens is 428 g/mol. The van der Waals surface area contributed by atoms with Gasteiger partial charge in [0.15, 0.2) is 11.5 Å². The van der Waals surface area contributed by atoms with Crippen LogP contribution in [0.5, 0.6) is 11.5 Å². The van der Waals surface area contributed by atoms with Gasteiger partial charge < -0.3 is 19.7 Å². The predicted molar refractivity (Wildman–Crippen MR) is 129 cm³/mol. The summed E-state index contributed by atoms with van der Waals surface area (Å²) < 4.78 is 11.8. The molecule has 1 atom stereocenters. The highest BCUT2D eigenvalue weighted by Crippen LogP contribution is 2.52. The molecule has 34 heavy (non-hydrogen) atoms. The number of carbonyl (C=O) groups excluding carboxylic acids is 2. The number of fused-ring (bicyclic) bond motifs is 4. The lowest BCUT2D eigenvalue weighted by Gasteiger charge is -2.46. The molecule has 0 aromatic heterocycles. The third-order valence-corrected chi connectivity index (χ3v) is 8.21. The van der Waals surface area contributed by atoms with Gasteiger partial charge in [-0.2, -0.15) is 0 Å². The highest BCUT2D eigenvalue weighted by atomic mass is 16.6. The van der Waals surface area contributed by atoms with E-state index in [9.17, 15) is 9.59 Å². The number of nitrogens with zero attached hydrogens (tertiary/aromatic N) is 1. The van der Waals surface area contributed by atoms with Crippen molar-refractivity contribution in [3.8, 4) is 11.5 Å². The summed E-state index contributed by atoms with van der Waals surface area (Å²) in [6.45, 7) is 4.11. The van der Waals surface area contributed by atoms with Crippen molar-refractivity contribution < 1.29 is 19.1 Å². The van der Waals surface area contributed by atoms with Crippen molar-refractivity contribution in [2.45, 2.75) is 69.7 Å². The van der Waals surface area contributed by atoms with E-state index in [1.54, 1.807) is 0 Å². The van der Waals surface area contributed by atoms with Gasteiger partial charge >= 0.3 is 0 Å². The van der Waals surface area contributed by atoms with Gasteiger partial charge in [0.1, 0.15) is 13.2 Å². The lowest BCUT2D eigenvalue weighted by atomic mass is 9.71. The SMILES string of the molecule is CC1c2cc3c(cc2C2(CCCC2)CN1C(=O)CCCc1ccc2c(c1)CC(=O)N2)OCCO3. The van der Waals surface area contributed by atoms with Crippen molar-refractivity contribution in [1.29, 1.82) is 0 Å². The zero-order valence-corrected chi connectivity index (χ0v) is 19.8. The van der Waals surface area contributed by atoms with Crippen molar-refractivity contribution in [3.63, 3.8) is 0 Å². The fourth-order valence-corrected chi connectivity index (χ4v) is 6.43. The zero-order valence-electron chi connectivity index (χ0n) is 19.8. The minimum atomic E-state index is 0.0293. The number of anilines is 1. The molecule has 0 radical (unpaired) electrons. The second kappa shape index (κ2) is 8.33. The fourth-order valence-electron chi connectivity index (χ4n) is 6.43. The Bertz CT molecular complexity index is 1150. The van der Waals surface area contributed by atoms with Crippen LogP contribution in [-0.4, -0.2) is 36.5 Å². The van der Waals surface area contributed by atoms with Crippen LogP contribution in [0.2, 0.25) is 0 Å². The molecule has 1 aliphatic carbocycles. The Morgan fingerprint density at radius 2 is 1.88 bits per heavy atom. The Labute approximate surface area is 200 Å². The minimum Gasteiger partial charge on any atom is -0.486 e. The third-order valence-electron chi connectivity index (χ3n) is 8.21. The number of aryl methyl sites for hydroxylation is 1. The number of ether oxygens (including phenoxy) is 2. The molecule has 6 nitrogen and oxygen atoms in total. The highest BCUT2D eigenvalue weighted by Gasteiger charge is 2.46. The second-order valence-corrected chi connectivity index (χ2v) is 10.3. The zero-order chi connectivity index (χ0) is 23.3. The van der Waals surface area contributed by atoms with Gasteiger partial charge in [-0.3, -0.25) is 9.59 Å². The topological polar surface area (TPSA) is 67.9 Å². The summed E-state index contributed by atoms with van der Waals surface area (Å²) in [6, 6.07) is 10.5. The lowest BCUT2D eigenvalue weighted by Crippen LogP contribution is -2.48. The van der Waals surface area contributed by atoms with E-state index in [1.807, 2.05) is 6.07 Å². The predicted octanol–water partition coefficient (Wildman–Crippen LogP) is 4.69. The van der Waals surface area contributed by atoms with Gasteiger partial charge in [-0.15, -0.1) is 0 Å². The van der Waals surface area contributed by atoms with Crippen molar-refractivity contribution in [2.24, 2.45) is 0 Å². The fraction of sp³-hybridized carbons (Fsp3) is 0.500. The average Bonchev–Trinajstić information content (AvgIpc) is 3.46. The monoisotopic (exact) mass is 460 g/mol. The summed E-state index contributed by atoms with van der Waals surface area (Å²) in [5.41, 5.74) is 5.80. The molecular formula is C28H32N2O4. The van der Waals surface area contributed by atoms with Crippen molar-refractivity contribution in [3.05, 3.63) is 52.6 Å². The van der Waals surface area contributed by atoms with Gasteiger partial charge in [0.2, 0.25) is 11.8 Å². The summed E-state index contributed by atoms with van der Waals surface area (Å²) in [5.74, 6) is 1.96. The molecule has 2 aromatic carbocycles. The van der Waals surface area contributed by atoms with Crippen molar-refractivity contribution in [1.82, 2.24) is 4.90 Å². The molecule has 2 aromatic rings. The van der Waals surface area contributed by atoms with Gasteiger partial charge in [0, 0.05) is 24.1 Å². The maximum atomic E-state index is 13.5. The molecule has 6 rings (SSSR count). The van der Waals surface area contributed by atoms with Gasteiger partial charge in [-0.1, -0.05) is 25.0 Å². The molecule has 3 aliphatic heterocycles. The van der Waals surface area contributed by atoms with E-state index in [1.165, 1.54) is 29.5 Å². The Hall–Kier alpha value is -3.02. The van der Waals surface area contributed by atoms with Crippen LogP contribution in [0.1, 0.15) is 73.7 Å². The van der Waals surface area contributed by atoms with Crippen LogP contribution in [0.3, 0.4) is 0 Å². The van der Waals surface area contributed by atoms with Crippen LogP contribution in [0.4, 0.5) is 5.69 Å². The van der Waals surface area contributed by atoms with Crippen LogP contribution in [0.25, 0.3) is 0 Å². The van der Waals surface area contributed by atoms with Crippen LogP contribution < -0.4 is 14.8 Å². The summed E-state index contributed by atoms with van der Waals surface area (Å²) in [7, 11) is 0. The molecule has 4 aliphatic rings. The number of rotatable bonds is 4. The molecule has 0 saturated heterocycles.